The Morgan fingerprint density at radius 1 is 1.05 bits per heavy atom. The van der Waals surface area contributed by atoms with E-state index in [0.29, 0.717) is 5.91 Å². The number of fused-ring (bicyclic) bond motifs is 1. The van der Waals surface area contributed by atoms with Crippen LogP contribution >= 0.6 is 24.8 Å². The van der Waals surface area contributed by atoms with E-state index in [1.807, 2.05) is 0 Å². The summed E-state index contributed by atoms with van der Waals surface area (Å²) in [5.74, 6) is 2.04. The third kappa shape index (κ3) is 4.28. The van der Waals surface area contributed by atoms with Gasteiger partial charge in [-0.25, -0.2) is 0 Å². The molecule has 1 unspecified atom stereocenters. The monoisotopic (exact) mass is 351 g/mol. The van der Waals surface area contributed by atoms with E-state index in [-0.39, 0.29) is 30.9 Å². The number of hydrogen-bond donors (Lipinski definition) is 1. The molecule has 3 aliphatic heterocycles. The van der Waals surface area contributed by atoms with Crippen LogP contribution in [0.1, 0.15) is 39.0 Å². The number of likely N-dealkylation sites (tertiary alicyclic amines) is 2. The van der Waals surface area contributed by atoms with Gasteiger partial charge in [-0.3, -0.25) is 9.69 Å². The fraction of sp³-hybridized carbons (Fsp3) is 0.938. The van der Waals surface area contributed by atoms with E-state index in [1.165, 1.54) is 19.3 Å². The van der Waals surface area contributed by atoms with E-state index >= 15 is 0 Å². The van der Waals surface area contributed by atoms with E-state index in [2.05, 4.69) is 22.0 Å². The van der Waals surface area contributed by atoms with Gasteiger partial charge in [0.25, 0.3) is 0 Å². The van der Waals surface area contributed by atoms with Crippen molar-refractivity contribution < 1.29 is 4.79 Å². The number of rotatable bonds is 3. The summed E-state index contributed by atoms with van der Waals surface area (Å²) in [6.07, 6.45) is 5.82. The smallest absolute Gasteiger partial charge is 0.239 e. The minimum Gasteiger partial charge on any atom is -0.341 e. The Hall–Kier alpha value is -0.0300. The molecule has 0 saturated carbocycles. The summed E-state index contributed by atoms with van der Waals surface area (Å²) in [5.41, 5.74) is 0. The normalized spacial score (nSPS) is 31.9. The van der Waals surface area contributed by atoms with Crippen molar-refractivity contribution in [1.29, 1.82) is 0 Å². The zero-order valence-corrected chi connectivity index (χ0v) is 15.3. The zero-order chi connectivity index (χ0) is 13.9. The van der Waals surface area contributed by atoms with Crippen molar-refractivity contribution in [2.75, 3.05) is 39.3 Å². The lowest BCUT2D eigenvalue weighted by Gasteiger charge is -2.29. The molecule has 3 rings (SSSR count). The van der Waals surface area contributed by atoms with Crippen LogP contribution in [-0.2, 0) is 4.79 Å². The average molecular weight is 352 g/mol. The van der Waals surface area contributed by atoms with Gasteiger partial charge in [-0.05, 0) is 70.1 Å². The van der Waals surface area contributed by atoms with Crippen molar-refractivity contribution in [1.82, 2.24) is 15.1 Å². The summed E-state index contributed by atoms with van der Waals surface area (Å²) in [4.78, 5) is 17.4. The van der Waals surface area contributed by atoms with Crippen molar-refractivity contribution in [2.24, 2.45) is 11.8 Å². The first-order valence-corrected chi connectivity index (χ1v) is 8.53. The summed E-state index contributed by atoms with van der Waals surface area (Å²) in [6.45, 7) is 8.71. The van der Waals surface area contributed by atoms with Gasteiger partial charge < -0.3 is 10.2 Å². The Balaban J connectivity index is 0.00000121. The number of hydrogen-bond acceptors (Lipinski definition) is 3. The minimum absolute atomic E-state index is 0. The van der Waals surface area contributed by atoms with Crippen LogP contribution in [0.25, 0.3) is 0 Å². The Kier molecular flexibility index (Phi) is 8.47. The molecule has 3 aliphatic rings. The van der Waals surface area contributed by atoms with Crippen molar-refractivity contribution in [3.05, 3.63) is 0 Å². The lowest BCUT2D eigenvalue weighted by molar-refractivity contribution is -0.136. The van der Waals surface area contributed by atoms with Crippen LogP contribution in [0, 0.1) is 11.8 Å². The van der Waals surface area contributed by atoms with Crippen molar-refractivity contribution >= 4 is 30.7 Å². The molecule has 1 N–H and O–H groups in total. The summed E-state index contributed by atoms with van der Waals surface area (Å²) >= 11 is 0. The maximum atomic E-state index is 12.8. The van der Waals surface area contributed by atoms with Gasteiger partial charge in [0.1, 0.15) is 0 Å². The number of nitrogens with zero attached hydrogens (tertiary/aromatic N) is 2. The van der Waals surface area contributed by atoms with Gasteiger partial charge in [-0.1, -0.05) is 6.92 Å². The van der Waals surface area contributed by atoms with Crippen molar-refractivity contribution in [2.45, 2.75) is 45.1 Å². The molecule has 1 amide bonds. The number of carbonyl (C=O) groups excluding carboxylic acids is 1. The van der Waals surface area contributed by atoms with Crippen LogP contribution in [0.3, 0.4) is 0 Å². The fourth-order valence-electron chi connectivity index (χ4n) is 4.31. The molecule has 3 heterocycles. The van der Waals surface area contributed by atoms with E-state index in [4.69, 9.17) is 0 Å². The number of amides is 1. The molecule has 0 radical (unpaired) electrons. The molecule has 0 aromatic heterocycles. The quantitative estimate of drug-likeness (QED) is 0.846. The predicted octanol–water partition coefficient (Wildman–Crippen LogP) is 2.16. The first kappa shape index (κ1) is 20.0. The highest BCUT2D eigenvalue weighted by molar-refractivity contribution is 5.85. The second kappa shape index (κ2) is 9.31. The Morgan fingerprint density at radius 3 is 2.27 bits per heavy atom. The van der Waals surface area contributed by atoms with Crippen LogP contribution < -0.4 is 5.32 Å². The van der Waals surface area contributed by atoms with Crippen LogP contribution in [-0.4, -0.2) is 61.0 Å². The summed E-state index contributed by atoms with van der Waals surface area (Å²) in [7, 11) is 0. The van der Waals surface area contributed by atoms with Gasteiger partial charge in [0, 0.05) is 13.1 Å². The summed E-state index contributed by atoms with van der Waals surface area (Å²) in [6, 6.07) is 0.186. The van der Waals surface area contributed by atoms with Crippen molar-refractivity contribution in [3.8, 4) is 0 Å². The van der Waals surface area contributed by atoms with E-state index in [0.717, 1.165) is 63.9 Å². The molecule has 0 aromatic rings. The molecule has 130 valence electrons. The molecule has 6 heteroatoms. The Bertz CT molecular complexity index is 342. The van der Waals surface area contributed by atoms with E-state index < -0.39 is 0 Å². The first-order chi connectivity index (χ1) is 9.79. The third-order valence-electron chi connectivity index (χ3n) is 5.49. The second-order valence-corrected chi connectivity index (χ2v) is 6.78. The summed E-state index contributed by atoms with van der Waals surface area (Å²) in [5, 5.41) is 3.50. The molecule has 3 saturated heterocycles. The highest BCUT2D eigenvalue weighted by Crippen LogP contribution is 2.28. The predicted molar refractivity (Wildman–Crippen MR) is 95.0 cm³/mol. The van der Waals surface area contributed by atoms with Gasteiger partial charge in [-0.2, -0.15) is 0 Å². The van der Waals surface area contributed by atoms with Crippen molar-refractivity contribution in [3.63, 3.8) is 0 Å². The molecule has 0 aromatic carbocycles. The van der Waals surface area contributed by atoms with E-state index in [1.54, 1.807) is 0 Å². The average Bonchev–Trinajstić information content (AvgIpc) is 3.04. The topological polar surface area (TPSA) is 35.6 Å². The number of halogens is 2. The largest absolute Gasteiger partial charge is 0.341 e. The lowest BCUT2D eigenvalue weighted by Crippen LogP contribution is -2.46. The van der Waals surface area contributed by atoms with Crippen LogP contribution in [0.4, 0.5) is 0 Å². The Labute approximate surface area is 147 Å². The molecule has 3 fully saturated rings. The highest BCUT2D eigenvalue weighted by atomic mass is 35.5. The van der Waals surface area contributed by atoms with Crippen LogP contribution in [0.2, 0.25) is 0 Å². The first-order valence-electron chi connectivity index (χ1n) is 8.53. The molecule has 4 nitrogen and oxygen atoms in total. The third-order valence-corrected chi connectivity index (χ3v) is 5.49. The minimum atomic E-state index is 0. The molecule has 0 aliphatic carbocycles. The zero-order valence-electron chi connectivity index (χ0n) is 13.6. The SMILES string of the molecule is CCCN1CCCC1C(=O)N1CC[C@@H]2CNC[C@@H]2CC1.Cl.Cl. The molecule has 22 heavy (non-hydrogen) atoms. The van der Waals surface area contributed by atoms with Gasteiger partial charge >= 0.3 is 0 Å². The lowest BCUT2D eigenvalue weighted by atomic mass is 9.92. The van der Waals surface area contributed by atoms with Gasteiger partial charge in [-0.15, -0.1) is 24.8 Å². The number of nitrogens with one attached hydrogen (secondary N) is 1. The molecule has 3 atom stereocenters. The maximum Gasteiger partial charge on any atom is 0.239 e. The van der Waals surface area contributed by atoms with Crippen LogP contribution in [0.15, 0.2) is 0 Å². The summed E-state index contributed by atoms with van der Waals surface area (Å²) < 4.78 is 0. The van der Waals surface area contributed by atoms with Crippen LogP contribution in [0.5, 0.6) is 0 Å². The van der Waals surface area contributed by atoms with Gasteiger partial charge in [0.2, 0.25) is 5.91 Å². The maximum absolute atomic E-state index is 12.8. The standard InChI is InChI=1S/C16H29N3O.2ClH/c1-2-7-18-8-3-4-15(18)16(20)19-9-5-13-11-17-12-14(13)6-10-19;;/h13-15,17H,2-12H2,1H3;2*1H/t13-,14+,15?;;. The second-order valence-electron chi connectivity index (χ2n) is 6.78. The van der Waals surface area contributed by atoms with Gasteiger partial charge in [0.15, 0.2) is 0 Å². The van der Waals surface area contributed by atoms with Gasteiger partial charge in [0.05, 0.1) is 6.04 Å². The highest BCUT2D eigenvalue weighted by Gasteiger charge is 2.36. The molecule has 0 spiro atoms. The number of carbonyl (C=O) groups is 1. The Morgan fingerprint density at radius 2 is 1.68 bits per heavy atom. The fourth-order valence-corrected chi connectivity index (χ4v) is 4.31. The molecular weight excluding hydrogens is 321 g/mol. The molecule has 0 bridgehead atoms. The molecular formula is C16H31Cl2N3O. The van der Waals surface area contributed by atoms with E-state index in [9.17, 15) is 4.79 Å².